The third-order valence-electron chi connectivity index (χ3n) is 7.18. The molecule has 0 bridgehead atoms. The molecule has 1 aliphatic rings. The molecule has 0 radical (unpaired) electrons. The second kappa shape index (κ2) is 12.9. The van der Waals surface area contributed by atoms with Crippen molar-refractivity contribution in [2.45, 2.75) is 20.0 Å². The molecule has 7 nitrogen and oxygen atoms in total. The van der Waals surface area contributed by atoms with E-state index in [1.807, 2.05) is 61.5 Å². The minimum Gasteiger partial charge on any atom is -0.464 e. The smallest absolute Gasteiger partial charge is 0.254 e. The van der Waals surface area contributed by atoms with Crippen LogP contribution in [0.2, 0.25) is 0 Å². The maximum Gasteiger partial charge on any atom is 0.254 e. The maximum absolute atomic E-state index is 13.8. The monoisotopic (exact) mass is 543 g/mol. The Morgan fingerprint density at radius 1 is 0.875 bits per heavy atom. The lowest BCUT2D eigenvalue weighted by atomic mass is 10.1. The Labute approximate surface area is 233 Å². The first-order chi connectivity index (χ1) is 19.4. The molecular weight excluding hydrogens is 509 g/mol. The largest absolute Gasteiger partial charge is 0.464 e. The molecule has 2 amide bonds. The molecule has 1 saturated heterocycles. The average Bonchev–Trinajstić information content (AvgIpc) is 3.40. The number of carbonyl (C=O) groups is 2. The molecule has 0 aliphatic carbocycles. The highest BCUT2D eigenvalue weighted by Gasteiger charge is 2.25. The van der Waals surface area contributed by atoms with Gasteiger partial charge in [0.15, 0.2) is 0 Å². The minimum atomic E-state index is -0.335. The first kappa shape index (κ1) is 27.6. The number of nitrogens with zero attached hydrogens (tertiary/aromatic N) is 3. The summed E-state index contributed by atoms with van der Waals surface area (Å²) in [6.07, 6.45) is 0. The van der Waals surface area contributed by atoms with E-state index in [1.165, 1.54) is 12.1 Å². The first-order valence-electron chi connectivity index (χ1n) is 13.6. The molecule has 1 aliphatic heterocycles. The van der Waals surface area contributed by atoms with Gasteiger partial charge < -0.3 is 19.0 Å². The maximum atomic E-state index is 13.8. The van der Waals surface area contributed by atoms with Crippen molar-refractivity contribution < 1.29 is 23.1 Å². The summed E-state index contributed by atoms with van der Waals surface area (Å²) < 4.78 is 24.8. The van der Waals surface area contributed by atoms with Crippen molar-refractivity contribution in [2.24, 2.45) is 0 Å². The van der Waals surface area contributed by atoms with Gasteiger partial charge >= 0.3 is 0 Å². The van der Waals surface area contributed by atoms with Gasteiger partial charge in [0.1, 0.15) is 23.9 Å². The zero-order valence-corrected chi connectivity index (χ0v) is 22.7. The van der Waals surface area contributed by atoms with Crippen LogP contribution in [0, 0.1) is 12.7 Å². The summed E-state index contributed by atoms with van der Waals surface area (Å²) >= 11 is 0. The van der Waals surface area contributed by atoms with E-state index in [-0.39, 0.29) is 37.3 Å². The lowest BCUT2D eigenvalue weighted by molar-refractivity contribution is -0.133. The van der Waals surface area contributed by atoms with Gasteiger partial charge in [-0.2, -0.15) is 0 Å². The molecule has 0 N–H and O–H groups in total. The molecule has 1 fully saturated rings. The number of aryl methyl sites for hydroxylation is 1. The lowest BCUT2D eigenvalue weighted by Crippen LogP contribution is -2.47. The van der Waals surface area contributed by atoms with Crippen molar-refractivity contribution in [3.8, 4) is 0 Å². The Hall–Kier alpha value is -4.01. The number of furan rings is 1. The molecule has 4 aromatic rings. The summed E-state index contributed by atoms with van der Waals surface area (Å²) in [5.41, 5.74) is 1.33. The average molecular weight is 544 g/mol. The van der Waals surface area contributed by atoms with E-state index in [2.05, 4.69) is 4.90 Å². The topological polar surface area (TPSA) is 66.2 Å². The van der Waals surface area contributed by atoms with Gasteiger partial charge in [0, 0.05) is 38.3 Å². The van der Waals surface area contributed by atoms with Gasteiger partial charge in [-0.15, -0.1) is 0 Å². The number of amides is 2. The van der Waals surface area contributed by atoms with Gasteiger partial charge in [-0.25, -0.2) is 4.39 Å². The van der Waals surface area contributed by atoms with Gasteiger partial charge in [-0.05, 0) is 59.7 Å². The van der Waals surface area contributed by atoms with Crippen LogP contribution in [0.25, 0.3) is 10.8 Å². The predicted molar refractivity (Wildman–Crippen MR) is 151 cm³/mol. The van der Waals surface area contributed by atoms with Crippen LogP contribution in [0.3, 0.4) is 0 Å². The molecule has 2 heterocycles. The third-order valence-corrected chi connectivity index (χ3v) is 7.18. The zero-order valence-electron chi connectivity index (χ0n) is 22.7. The summed E-state index contributed by atoms with van der Waals surface area (Å²) in [4.78, 5) is 33.2. The molecule has 40 heavy (non-hydrogen) atoms. The number of halogens is 1. The second-order valence-corrected chi connectivity index (χ2v) is 10.1. The number of hydrogen-bond donors (Lipinski definition) is 0. The van der Waals surface area contributed by atoms with Crippen LogP contribution >= 0.6 is 0 Å². The van der Waals surface area contributed by atoms with Gasteiger partial charge in [-0.3, -0.25) is 14.5 Å². The standard InChI is InChI=1S/C32H34FN3O4/c1-24-6-13-30(40-24)22-36(21-25-7-11-29(33)12-8-25)31(37)23-35(15-14-34-16-18-39-19-17-34)32(38)28-10-9-26-4-2-3-5-27(26)20-28/h2-13,20H,14-19,21-23H2,1H3. The molecule has 0 unspecified atom stereocenters. The molecule has 8 heteroatoms. The van der Waals surface area contributed by atoms with Crippen LogP contribution in [-0.2, 0) is 22.6 Å². The molecule has 0 saturated carbocycles. The molecule has 1 aromatic heterocycles. The molecule has 0 atom stereocenters. The highest BCUT2D eigenvalue weighted by Crippen LogP contribution is 2.19. The fourth-order valence-electron chi connectivity index (χ4n) is 4.91. The van der Waals surface area contributed by atoms with Crippen molar-refractivity contribution in [1.82, 2.24) is 14.7 Å². The number of rotatable bonds is 10. The SMILES string of the molecule is Cc1ccc(CN(Cc2ccc(F)cc2)C(=O)CN(CCN2CCOCC2)C(=O)c2ccc3ccccc3c2)o1. The predicted octanol–water partition coefficient (Wildman–Crippen LogP) is 4.88. The Balaban J connectivity index is 1.38. The molecule has 0 spiro atoms. The number of benzene rings is 3. The van der Waals surface area contributed by atoms with Crippen LogP contribution in [0.15, 0.2) is 83.3 Å². The van der Waals surface area contributed by atoms with Crippen LogP contribution < -0.4 is 0 Å². The van der Waals surface area contributed by atoms with Gasteiger partial charge in [0.05, 0.1) is 19.8 Å². The number of morpholine rings is 1. The molecule has 5 rings (SSSR count). The Kier molecular flexibility index (Phi) is 8.88. The van der Waals surface area contributed by atoms with E-state index in [1.54, 1.807) is 21.9 Å². The van der Waals surface area contributed by atoms with E-state index in [0.717, 1.165) is 35.2 Å². The Morgan fingerprint density at radius 2 is 1.62 bits per heavy atom. The third kappa shape index (κ3) is 7.14. The second-order valence-electron chi connectivity index (χ2n) is 10.1. The summed E-state index contributed by atoms with van der Waals surface area (Å²) in [5, 5.41) is 2.02. The quantitative estimate of drug-likeness (QED) is 0.285. The van der Waals surface area contributed by atoms with Gasteiger partial charge in [0.25, 0.3) is 5.91 Å². The van der Waals surface area contributed by atoms with Crippen molar-refractivity contribution >= 4 is 22.6 Å². The fourth-order valence-corrected chi connectivity index (χ4v) is 4.91. The summed E-state index contributed by atoms with van der Waals surface area (Å²) in [6.45, 7) is 6.22. The summed E-state index contributed by atoms with van der Waals surface area (Å²) in [7, 11) is 0. The van der Waals surface area contributed by atoms with Gasteiger partial charge in [-0.1, -0.05) is 42.5 Å². The lowest BCUT2D eigenvalue weighted by Gasteiger charge is -2.31. The molecule has 208 valence electrons. The van der Waals surface area contributed by atoms with E-state index < -0.39 is 0 Å². The van der Waals surface area contributed by atoms with Gasteiger partial charge in [0.2, 0.25) is 5.91 Å². The molecular formula is C32H34FN3O4. The highest BCUT2D eigenvalue weighted by molar-refractivity contribution is 6.00. The number of carbonyl (C=O) groups excluding carboxylic acids is 2. The number of fused-ring (bicyclic) bond motifs is 1. The highest BCUT2D eigenvalue weighted by atomic mass is 19.1. The van der Waals surface area contributed by atoms with Crippen molar-refractivity contribution in [2.75, 3.05) is 45.9 Å². The van der Waals surface area contributed by atoms with E-state index in [4.69, 9.17) is 9.15 Å². The van der Waals surface area contributed by atoms with Crippen molar-refractivity contribution in [1.29, 1.82) is 0 Å². The fraction of sp³-hybridized carbons (Fsp3) is 0.312. The van der Waals surface area contributed by atoms with E-state index >= 15 is 0 Å². The Morgan fingerprint density at radius 3 is 2.35 bits per heavy atom. The number of hydrogen-bond acceptors (Lipinski definition) is 5. The first-order valence-corrected chi connectivity index (χ1v) is 13.6. The van der Waals surface area contributed by atoms with Crippen LogP contribution in [-0.4, -0.2) is 72.5 Å². The Bertz CT molecular complexity index is 1450. The normalized spacial score (nSPS) is 13.8. The molecule has 3 aromatic carbocycles. The van der Waals surface area contributed by atoms with Crippen molar-refractivity contribution in [3.63, 3.8) is 0 Å². The minimum absolute atomic E-state index is 0.0864. The van der Waals surface area contributed by atoms with Crippen molar-refractivity contribution in [3.05, 3.63) is 107 Å². The number of ether oxygens (including phenoxy) is 1. The van der Waals surface area contributed by atoms with Crippen LogP contribution in [0.1, 0.15) is 27.4 Å². The van der Waals surface area contributed by atoms with Crippen LogP contribution in [0.5, 0.6) is 0 Å². The van der Waals surface area contributed by atoms with E-state index in [9.17, 15) is 14.0 Å². The summed E-state index contributed by atoms with van der Waals surface area (Å²) in [5.74, 6) is 0.660. The summed E-state index contributed by atoms with van der Waals surface area (Å²) in [6, 6.07) is 23.3. The van der Waals surface area contributed by atoms with E-state index in [0.29, 0.717) is 37.6 Å². The zero-order chi connectivity index (χ0) is 27.9. The van der Waals surface area contributed by atoms with Crippen LogP contribution in [0.4, 0.5) is 4.39 Å².